The number of carbonyl (C=O) groups excluding carboxylic acids is 1. The average Bonchev–Trinajstić information content (AvgIpc) is 2.69. The van der Waals surface area contributed by atoms with Crippen LogP contribution in [0.25, 0.3) is 0 Å². The summed E-state index contributed by atoms with van der Waals surface area (Å²) in [6.07, 6.45) is -1.69. The number of carbonyl (C=O) groups is 1. The second-order valence-electron chi connectivity index (χ2n) is 4.25. The zero-order chi connectivity index (χ0) is 12.4. The summed E-state index contributed by atoms with van der Waals surface area (Å²) in [5.41, 5.74) is 6.98. The number of aliphatic hydroxyl groups excluding tert-OH is 2. The maximum Gasteiger partial charge on any atom is 0.254 e. The molecule has 1 aromatic carbocycles. The van der Waals surface area contributed by atoms with Gasteiger partial charge < -0.3 is 20.8 Å². The number of amides is 1. The third-order valence-electron chi connectivity index (χ3n) is 2.98. The van der Waals surface area contributed by atoms with Gasteiger partial charge in [-0.25, -0.2) is 0 Å². The molecule has 1 aliphatic heterocycles. The lowest BCUT2D eigenvalue weighted by molar-refractivity contribution is 0.0572. The molecule has 0 aliphatic carbocycles. The average molecular weight is 236 g/mol. The van der Waals surface area contributed by atoms with Crippen molar-refractivity contribution in [2.75, 3.05) is 13.1 Å². The van der Waals surface area contributed by atoms with Gasteiger partial charge in [-0.1, -0.05) is 12.1 Å². The molecule has 1 fully saturated rings. The molecule has 1 heterocycles. The highest BCUT2D eigenvalue weighted by molar-refractivity contribution is 5.94. The van der Waals surface area contributed by atoms with Gasteiger partial charge in [0.15, 0.2) is 0 Å². The van der Waals surface area contributed by atoms with E-state index in [4.69, 9.17) is 5.73 Å². The van der Waals surface area contributed by atoms with Crippen LogP contribution in [0.3, 0.4) is 0 Å². The molecule has 0 radical (unpaired) electrons. The van der Waals surface area contributed by atoms with Crippen LogP contribution in [-0.2, 0) is 6.54 Å². The second kappa shape index (κ2) is 4.83. The monoisotopic (exact) mass is 236 g/mol. The molecule has 0 bridgehead atoms. The van der Waals surface area contributed by atoms with Crippen molar-refractivity contribution in [2.24, 2.45) is 5.73 Å². The van der Waals surface area contributed by atoms with E-state index in [9.17, 15) is 15.0 Å². The highest BCUT2D eigenvalue weighted by atomic mass is 16.3. The van der Waals surface area contributed by atoms with Crippen molar-refractivity contribution < 1.29 is 15.0 Å². The largest absolute Gasteiger partial charge is 0.388 e. The van der Waals surface area contributed by atoms with E-state index in [0.717, 1.165) is 5.56 Å². The van der Waals surface area contributed by atoms with E-state index >= 15 is 0 Å². The maximum atomic E-state index is 12.0. The van der Waals surface area contributed by atoms with E-state index in [1.807, 2.05) is 0 Å². The van der Waals surface area contributed by atoms with Crippen LogP contribution in [-0.4, -0.2) is 46.3 Å². The van der Waals surface area contributed by atoms with Crippen LogP contribution >= 0.6 is 0 Å². The molecule has 1 amide bonds. The molecule has 5 heteroatoms. The number of nitrogens with two attached hydrogens (primary N) is 1. The third kappa shape index (κ3) is 2.46. The van der Waals surface area contributed by atoms with Gasteiger partial charge in [-0.3, -0.25) is 4.79 Å². The van der Waals surface area contributed by atoms with Crippen molar-refractivity contribution >= 4 is 5.91 Å². The summed E-state index contributed by atoms with van der Waals surface area (Å²) in [4.78, 5) is 13.5. The molecule has 5 nitrogen and oxygen atoms in total. The minimum atomic E-state index is -0.845. The first-order chi connectivity index (χ1) is 8.11. The summed E-state index contributed by atoms with van der Waals surface area (Å²) in [6, 6.07) is 7.02. The maximum absolute atomic E-state index is 12.0. The van der Waals surface area contributed by atoms with Crippen molar-refractivity contribution in [1.29, 1.82) is 0 Å². The minimum absolute atomic E-state index is 0.177. The first-order valence-corrected chi connectivity index (χ1v) is 5.56. The number of hydrogen-bond acceptors (Lipinski definition) is 4. The first kappa shape index (κ1) is 12.0. The van der Waals surface area contributed by atoms with E-state index in [2.05, 4.69) is 0 Å². The van der Waals surface area contributed by atoms with Gasteiger partial charge in [-0.2, -0.15) is 0 Å². The predicted octanol–water partition coefficient (Wildman–Crippen LogP) is -0.677. The minimum Gasteiger partial charge on any atom is -0.388 e. The molecule has 1 aromatic rings. The highest BCUT2D eigenvalue weighted by Gasteiger charge is 2.32. The number of β-amino-alcohol motifs (C(OH)–C–C–N with tert-alkyl or cyclic N) is 2. The van der Waals surface area contributed by atoms with Crippen LogP contribution in [0.15, 0.2) is 24.3 Å². The number of hydrogen-bond donors (Lipinski definition) is 3. The Balaban J connectivity index is 2.09. The lowest BCUT2D eigenvalue weighted by Gasteiger charge is -2.15. The molecule has 17 heavy (non-hydrogen) atoms. The van der Waals surface area contributed by atoms with Crippen LogP contribution in [0.4, 0.5) is 0 Å². The van der Waals surface area contributed by atoms with Gasteiger partial charge in [0.25, 0.3) is 5.91 Å². The number of aliphatic hydroxyl groups is 2. The summed E-state index contributed by atoms with van der Waals surface area (Å²) in [7, 11) is 0. The van der Waals surface area contributed by atoms with Crippen LogP contribution in [0.5, 0.6) is 0 Å². The highest BCUT2D eigenvalue weighted by Crippen LogP contribution is 2.14. The number of nitrogens with zero attached hydrogens (tertiary/aromatic N) is 1. The Morgan fingerprint density at radius 1 is 1.24 bits per heavy atom. The molecule has 4 N–H and O–H groups in total. The zero-order valence-corrected chi connectivity index (χ0v) is 9.41. The molecule has 0 aromatic heterocycles. The van der Waals surface area contributed by atoms with Crippen LogP contribution < -0.4 is 5.73 Å². The normalized spacial score (nSPS) is 24.1. The topological polar surface area (TPSA) is 86.8 Å². The van der Waals surface area contributed by atoms with Crippen molar-refractivity contribution in [3.63, 3.8) is 0 Å². The van der Waals surface area contributed by atoms with Crippen molar-refractivity contribution in [1.82, 2.24) is 4.90 Å². The molecule has 1 saturated heterocycles. The first-order valence-electron chi connectivity index (χ1n) is 5.56. The Kier molecular flexibility index (Phi) is 3.42. The van der Waals surface area contributed by atoms with E-state index < -0.39 is 12.2 Å². The molecule has 0 saturated carbocycles. The lowest BCUT2D eigenvalue weighted by atomic mass is 10.1. The van der Waals surface area contributed by atoms with E-state index in [-0.39, 0.29) is 19.0 Å². The smallest absolute Gasteiger partial charge is 0.254 e. The fourth-order valence-electron chi connectivity index (χ4n) is 1.90. The van der Waals surface area contributed by atoms with Crippen molar-refractivity contribution in [3.8, 4) is 0 Å². The third-order valence-corrected chi connectivity index (χ3v) is 2.98. The second-order valence-corrected chi connectivity index (χ2v) is 4.25. The van der Waals surface area contributed by atoms with Gasteiger partial charge in [0.2, 0.25) is 0 Å². The fourth-order valence-corrected chi connectivity index (χ4v) is 1.90. The number of benzene rings is 1. The number of rotatable bonds is 2. The molecule has 2 unspecified atom stereocenters. The zero-order valence-electron chi connectivity index (χ0n) is 9.41. The molecule has 1 aliphatic rings. The van der Waals surface area contributed by atoms with Gasteiger partial charge in [-0.05, 0) is 17.7 Å². The summed E-state index contributed by atoms with van der Waals surface area (Å²) in [5, 5.41) is 18.8. The van der Waals surface area contributed by atoms with Gasteiger partial charge in [0.1, 0.15) is 0 Å². The molecular weight excluding hydrogens is 220 g/mol. The summed E-state index contributed by atoms with van der Waals surface area (Å²) >= 11 is 0. The fraction of sp³-hybridized carbons (Fsp3) is 0.417. The van der Waals surface area contributed by atoms with Gasteiger partial charge >= 0.3 is 0 Å². The van der Waals surface area contributed by atoms with E-state index in [1.54, 1.807) is 24.3 Å². The summed E-state index contributed by atoms with van der Waals surface area (Å²) in [5.74, 6) is -0.177. The Labute approximate surface area is 99.5 Å². The van der Waals surface area contributed by atoms with E-state index in [1.165, 1.54) is 4.90 Å². The Hall–Kier alpha value is -1.43. The standard InChI is InChI=1S/C12H16N2O3/c13-5-8-1-3-9(4-2-8)12(17)14-6-10(15)11(16)7-14/h1-4,10-11,15-16H,5-7,13H2. The summed E-state index contributed by atoms with van der Waals surface area (Å²) < 4.78 is 0. The quantitative estimate of drug-likeness (QED) is 0.635. The molecule has 2 atom stereocenters. The van der Waals surface area contributed by atoms with Gasteiger partial charge in [0.05, 0.1) is 12.2 Å². The van der Waals surface area contributed by atoms with Crippen LogP contribution in [0, 0.1) is 0 Å². The van der Waals surface area contributed by atoms with Gasteiger partial charge in [0, 0.05) is 25.2 Å². The summed E-state index contributed by atoms with van der Waals surface area (Å²) in [6.45, 7) is 0.799. The van der Waals surface area contributed by atoms with E-state index in [0.29, 0.717) is 12.1 Å². The SMILES string of the molecule is NCc1ccc(C(=O)N2CC(O)C(O)C2)cc1. The van der Waals surface area contributed by atoms with Crippen molar-refractivity contribution in [3.05, 3.63) is 35.4 Å². The van der Waals surface area contributed by atoms with Crippen LogP contribution in [0.2, 0.25) is 0 Å². The lowest BCUT2D eigenvalue weighted by Crippen LogP contribution is -2.29. The molecule has 2 rings (SSSR count). The molecule has 92 valence electrons. The Bertz CT molecular complexity index is 395. The van der Waals surface area contributed by atoms with Crippen LogP contribution in [0.1, 0.15) is 15.9 Å². The van der Waals surface area contributed by atoms with Crippen molar-refractivity contribution in [2.45, 2.75) is 18.8 Å². The molecule has 0 spiro atoms. The Morgan fingerprint density at radius 3 is 2.24 bits per heavy atom. The number of likely N-dealkylation sites (tertiary alicyclic amines) is 1. The Morgan fingerprint density at radius 2 is 1.76 bits per heavy atom. The van der Waals surface area contributed by atoms with Gasteiger partial charge in [-0.15, -0.1) is 0 Å². The predicted molar refractivity (Wildman–Crippen MR) is 62.3 cm³/mol. The molecular formula is C12H16N2O3.